The van der Waals surface area contributed by atoms with E-state index in [-0.39, 0.29) is 11.8 Å². The number of fused-ring (bicyclic) bond motifs is 1. The van der Waals surface area contributed by atoms with Crippen LogP contribution in [0.1, 0.15) is 28.5 Å². The number of nitrogens with zero attached hydrogens (tertiary/aromatic N) is 4. The summed E-state index contributed by atoms with van der Waals surface area (Å²) in [5, 5.41) is 0.583. The summed E-state index contributed by atoms with van der Waals surface area (Å²) < 4.78 is 2.08. The molecule has 1 aliphatic heterocycles. The number of benzene rings is 1. The first-order valence-electron chi connectivity index (χ1n) is 7.94. The van der Waals surface area contributed by atoms with Gasteiger partial charge in [0.25, 0.3) is 5.91 Å². The molecule has 1 fully saturated rings. The van der Waals surface area contributed by atoms with Crippen molar-refractivity contribution in [2.45, 2.75) is 12.3 Å². The van der Waals surface area contributed by atoms with Gasteiger partial charge in [-0.2, -0.15) is 0 Å². The Morgan fingerprint density at radius 3 is 3.00 bits per heavy atom. The van der Waals surface area contributed by atoms with Crippen LogP contribution in [0.3, 0.4) is 0 Å². The van der Waals surface area contributed by atoms with Gasteiger partial charge in [0, 0.05) is 42.8 Å². The quantitative estimate of drug-likeness (QED) is 0.719. The van der Waals surface area contributed by atoms with Crippen molar-refractivity contribution in [1.82, 2.24) is 19.4 Å². The highest BCUT2D eigenvalue weighted by molar-refractivity contribution is 6.30. The molecule has 0 bridgehead atoms. The number of hydrogen-bond acceptors (Lipinski definition) is 3. The largest absolute Gasteiger partial charge is 0.338 e. The van der Waals surface area contributed by atoms with E-state index < -0.39 is 0 Å². The lowest BCUT2D eigenvalue weighted by Crippen LogP contribution is -2.28. The zero-order valence-electron chi connectivity index (χ0n) is 13.3. The Morgan fingerprint density at radius 1 is 1.33 bits per heavy atom. The first-order chi connectivity index (χ1) is 11.6. The standard InChI is InChI=1S/C18H17ClN4O/c1-22-16-10-20-7-5-15(16)21-17(22)13-6-8-23(11-13)18(24)12-3-2-4-14(19)9-12/h2-5,7,9-10,13H,6,8,11H2,1H3/t13-/m1/s1. The van der Waals surface area contributed by atoms with E-state index in [1.165, 1.54) is 0 Å². The minimum atomic E-state index is 0.0282. The van der Waals surface area contributed by atoms with Crippen LogP contribution < -0.4 is 0 Å². The van der Waals surface area contributed by atoms with Crippen LogP contribution >= 0.6 is 11.6 Å². The third kappa shape index (κ3) is 2.55. The van der Waals surface area contributed by atoms with Crippen LogP contribution in [0, 0.1) is 0 Å². The van der Waals surface area contributed by atoms with Crippen LogP contribution in [0.25, 0.3) is 11.0 Å². The minimum Gasteiger partial charge on any atom is -0.338 e. The van der Waals surface area contributed by atoms with Gasteiger partial charge < -0.3 is 9.47 Å². The van der Waals surface area contributed by atoms with Crippen molar-refractivity contribution in [2.24, 2.45) is 7.05 Å². The summed E-state index contributed by atoms with van der Waals surface area (Å²) in [6.45, 7) is 1.41. The highest BCUT2D eigenvalue weighted by Crippen LogP contribution is 2.29. The van der Waals surface area contributed by atoms with Gasteiger partial charge in [-0.3, -0.25) is 9.78 Å². The Morgan fingerprint density at radius 2 is 2.21 bits per heavy atom. The molecule has 24 heavy (non-hydrogen) atoms. The second-order valence-electron chi connectivity index (χ2n) is 6.14. The van der Waals surface area contributed by atoms with Gasteiger partial charge in [-0.25, -0.2) is 4.98 Å². The van der Waals surface area contributed by atoms with Crippen LogP contribution in [0.4, 0.5) is 0 Å². The van der Waals surface area contributed by atoms with Gasteiger partial charge in [0.1, 0.15) is 5.82 Å². The van der Waals surface area contributed by atoms with Crippen LogP contribution in [-0.4, -0.2) is 38.4 Å². The molecule has 1 atom stereocenters. The maximum atomic E-state index is 12.7. The van der Waals surface area contributed by atoms with Gasteiger partial charge in [0.15, 0.2) is 0 Å². The molecule has 0 spiro atoms. The Labute approximate surface area is 144 Å². The van der Waals surface area contributed by atoms with Crippen molar-refractivity contribution < 1.29 is 4.79 Å². The Kier molecular flexibility index (Phi) is 3.73. The summed E-state index contributed by atoms with van der Waals surface area (Å²) in [6.07, 6.45) is 4.50. The van der Waals surface area contributed by atoms with Crippen molar-refractivity contribution in [3.05, 3.63) is 59.1 Å². The van der Waals surface area contributed by atoms with Crippen LogP contribution in [0.15, 0.2) is 42.7 Å². The van der Waals surface area contributed by atoms with E-state index in [0.717, 1.165) is 29.8 Å². The Balaban J connectivity index is 1.57. The fourth-order valence-electron chi connectivity index (χ4n) is 3.38. The molecule has 0 unspecified atom stereocenters. The monoisotopic (exact) mass is 340 g/mol. The molecule has 1 aliphatic rings. The lowest BCUT2D eigenvalue weighted by molar-refractivity contribution is 0.0790. The van der Waals surface area contributed by atoms with E-state index in [1.807, 2.05) is 36.3 Å². The fraction of sp³-hybridized carbons (Fsp3) is 0.278. The molecule has 3 heterocycles. The van der Waals surface area contributed by atoms with E-state index in [2.05, 4.69) is 9.55 Å². The maximum absolute atomic E-state index is 12.7. The lowest BCUT2D eigenvalue weighted by atomic mass is 10.1. The summed E-state index contributed by atoms with van der Waals surface area (Å²) >= 11 is 6.00. The predicted octanol–water partition coefficient (Wildman–Crippen LogP) is 3.25. The van der Waals surface area contributed by atoms with Gasteiger partial charge in [0.2, 0.25) is 0 Å². The highest BCUT2D eigenvalue weighted by Gasteiger charge is 2.30. The maximum Gasteiger partial charge on any atom is 0.253 e. The number of halogens is 1. The normalized spacial score (nSPS) is 17.6. The SMILES string of the molecule is Cn1c([C@@H]2CCN(C(=O)c3cccc(Cl)c3)C2)nc2ccncc21. The van der Waals surface area contributed by atoms with E-state index in [1.54, 1.807) is 18.3 Å². The van der Waals surface area contributed by atoms with Crippen molar-refractivity contribution in [3.8, 4) is 0 Å². The minimum absolute atomic E-state index is 0.0282. The van der Waals surface area contributed by atoms with Gasteiger partial charge in [-0.1, -0.05) is 17.7 Å². The number of likely N-dealkylation sites (tertiary alicyclic amines) is 1. The molecule has 0 N–H and O–H groups in total. The average molecular weight is 341 g/mol. The summed E-state index contributed by atoms with van der Waals surface area (Å²) in [6, 6.07) is 9.03. The van der Waals surface area contributed by atoms with E-state index in [4.69, 9.17) is 16.6 Å². The van der Waals surface area contributed by atoms with Crippen molar-refractivity contribution in [2.75, 3.05) is 13.1 Å². The first-order valence-corrected chi connectivity index (χ1v) is 8.32. The number of amides is 1. The van der Waals surface area contributed by atoms with E-state index >= 15 is 0 Å². The molecule has 3 aromatic rings. The van der Waals surface area contributed by atoms with Crippen LogP contribution in [0.2, 0.25) is 5.02 Å². The number of aryl methyl sites for hydroxylation is 1. The van der Waals surface area contributed by atoms with E-state index in [9.17, 15) is 4.79 Å². The average Bonchev–Trinajstić information content (AvgIpc) is 3.20. The number of rotatable bonds is 2. The molecule has 2 aromatic heterocycles. The Hall–Kier alpha value is -2.40. The molecule has 6 heteroatoms. The molecule has 1 aromatic carbocycles. The molecule has 1 amide bonds. The van der Waals surface area contributed by atoms with Gasteiger partial charge in [-0.15, -0.1) is 0 Å². The zero-order chi connectivity index (χ0) is 16.7. The highest BCUT2D eigenvalue weighted by atomic mass is 35.5. The molecule has 1 saturated heterocycles. The summed E-state index contributed by atoms with van der Waals surface area (Å²) in [4.78, 5) is 23.5. The molecule has 5 nitrogen and oxygen atoms in total. The number of carbonyl (C=O) groups is 1. The predicted molar refractivity (Wildman–Crippen MR) is 93.2 cm³/mol. The van der Waals surface area contributed by atoms with Gasteiger partial charge in [-0.05, 0) is 30.7 Å². The molecule has 0 saturated carbocycles. The third-order valence-electron chi connectivity index (χ3n) is 4.63. The van der Waals surface area contributed by atoms with Gasteiger partial charge >= 0.3 is 0 Å². The number of hydrogen-bond donors (Lipinski definition) is 0. The van der Waals surface area contributed by atoms with Crippen LogP contribution in [-0.2, 0) is 7.05 Å². The topological polar surface area (TPSA) is 51.0 Å². The fourth-order valence-corrected chi connectivity index (χ4v) is 3.57. The number of imidazole rings is 1. The van der Waals surface area contributed by atoms with Crippen LogP contribution in [0.5, 0.6) is 0 Å². The smallest absolute Gasteiger partial charge is 0.253 e. The summed E-state index contributed by atoms with van der Waals surface area (Å²) in [7, 11) is 2.01. The van der Waals surface area contributed by atoms with Crippen molar-refractivity contribution in [3.63, 3.8) is 0 Å². The Bertz CT molecular complexity index is 920. The van der Waals surface area contributed by atoms with Crippen molar-refractivity contribution >= 4 is 28.5 Å². The van der Waals surface area contributed by atoms with Crippen molar-refractivity contribution in [1.29, 1.82) is 0 Å². The third-order valence-corrected chi connectivity index (χ3v) is 4.87. The van der Waals surface area contributed by atoms with Gasteiger partial charge in [0.05, 0.1) is 17.2 Å². The summed E-state index contributed by atoms with van der Waals surface area (Å²) in [5.74, 6) is 1.28. The number of aromatic nitrogens is 3. The van der Waals surface area contributed by atoms with E-state index in [0.29, 0.717) is 17.1 Å². The molecule has 0 aliphatic carbocycles. The zero-order valence-corrected chi connectivity index (χ0v) is 14.1. The molecule has 4 rings (SSSR count). The summed E-state index contributed by atoms with van der Waals surface area (Å²) in [5.41, 5.74) is 2.60. The number of pyridine rings is 1. The molecular weight excluding hydrogens is 324 g/mol. The second kappa shape index (κ2) is 5.91. The first kappa shape index (κ1) is 15.1. The molecule has 0 radical (unpaired) electrons. The lowest BCUT2D eigenvalue weighted by Gasteiger charge is -2.16. The second-order valence-corrected chi connectivity index (χ2v) is 6.58. The molecule has 122 valence electrons. The number of carbonyl (C=O) groups excluding carboxylic acids is 1. The molecular formula is C18H17ClN4O.